The fourth-order valence-corrected chi connectivity index (χ4v) is 3.93. The first-order valence-electron chi connectivity index (χ1n) is 8.69. The van der Waals surface area contributed by atoms with E-state index in [2.05, 4.69) is 10.2 Å². The molecular weight excluding hydrogens is 478 g/mol. The average Bonchev–Trinajstić information content (AvgIpc) is 2.72. The van der Waals surface area contributed by atoms with Crippen molar-refractivity contribution < 1.29 is 45.5 Å². The Labute approximate surface area is 191 Å². The molecule has 4 aromatic rings. The molecule has 0 radical (unpaired) electrons. The second kappa shape index (κ2) is 8.52. The minimum atomic E-state index is -4.82. The van der Waals surface area contributed by atoms with Crippen LogP contribution in [0.2, 0.25) is 0 Å². The van der Waals surface area contributed by atoms with Crippen molar-refractivity contribution in [3.63, 3.8) is 0 Å². The quantitative estimate of drug-likeness (QED) is 0.186. The Kier molecular flexibility index (Phi) is 6.16. The van der Waals surface area contributed by atoms with E-state index in [4.69, 9.17) is 0 Å². The van der Waals surface area contributed by atoms with E-state index >= 15 is 0 Å². The molecule has 0 aliphatic rings. The molecule has 0 unspecified atom stereocenters. The third-order valence-electron chi connectivity index (χ3n) is 4.64. The standard InChI is InChI=1S/C20H13N3O7S.Cr/c24-16-8-5-11-3-1-2-4-13(11)19(16)21-22-20-14-7-6-12(23(26)27)9-15(14)18(10-17(20)25)31(28,29)30;/h1-10,24-25H,(H,28,29,30);/p-1. The molecule has 0 aromatic heterocycles. The SMILES string of the molecule is O=[N+]([O-])c1ccc2c(N=Nc3c([O-])ccc4ccccc34)c(O)cc(S(=O)(=O)O)c2c1.[Cr]. The molecule has 0 saturated heterocycles. The maximum absolute atomic E-state index is 12.3. The Morgan fingerprint density at radius 3 is 2.25 bits per heavy atom. The van der Waals surface area contributed by atoms with Crippen molar-refractivity contribution in [1.82, 2.24) is 0 Å². The molecule has 0 aliphatic carbocycles. The molecule has 0 aliphatic heterocycles. The Morgan fingerprint density at radius 2 is 1.56 bits per heavy atom. The summed E-state index contributed by atoms with van der Waals surface area (Å²) in [5.41, 5.74) is -0.641. The topological polar surface area (TPSA) is 166 Å². The fraction of sp³-hybridized carbons (Fsp3) is 0. The number of nitrogens with zero attached hydrogens (tertiary/aromatic N) is 3. The van der Waals surface area contributed by atoms with Crippen LogP contribution < -0.4 is 5.11 Å². The monoisotopic (exact) mass is 490 g/mol. The molecule has 0 spiro atoms. The number of nitro benzene ring substituents is 1. The maximum atomic E-state index is 12.3. The van der Waals surface area contributed by atoms with E-state index in [1.54, 1.807) is 30.3 Å². The number of hydrogen-bond acceptors (Lipinski definition) is 8. The largest absolute Gasteiger partial charge is 0.871 e. The first kappa shape index (κ1) is 23.1. The van der Waals surface area contributed by atoms with E-state index in [0.717, 1.165) is 23.6 Å². The van der Waals surface area contributed by atoms with Crippen LogP contribution in [0.3, 0.4) is 0 Å². The zero-order valence-corrected chi connectivity index (χ0v) is 18.0. The summed E-state index contributed by atoms with van der Waals surface area (Å²) < 4.78 is 33.0. The van der Waals surface area contributed by atoms with E-state index < -0.39 is 37.1 Å². The number of phenolic OH excluding ortho intramolecular Hbond substituents is 1. The van der Waals surface area contributed by atoms with Gasteiger partial charge < -0.3 is 10.2 Å². The predicted molar refractivity (Wildman–Crippen MR) is 110 cm³/mol. The van der Waals surface area contributed by atoms with E-state index in [9.17, 15) is 33.3 Å². The molecule has 10 nitrogen and oxygen atoms in total. The summed E-state index contributed by atoms with van der Waals surface area (Å²) in [6.07, 6.45) is 0. The second-order valence-corrected chi connectivity index (χ2v) is 7.93. The van der Waals surface area contributed by atoms with Crippen LogP contribution in [-0.2, 0) is 27.5 Å². The minimum absolute atomic E-state index is 0. The number of hydrogen-bond donors (Lipinski definition) is 2. The molecule has 0 atom stereocenters. The Balaban J connectivity index is 0.00000289. The zero-order chi connectivity index (χ0) is 22.3. The number of aromatic hydroxyl groups is 1. The number of fused-ring (bicyclic) bond motifs is 2. The van der Waals surface area contributed by atoms with Gasteiger partial charge in [-0.05, 0) is 11.5 Å². The molecule has 12 heteroatoms. The van der Waals surface area contributed by atoms with Crippen LogP contribution in [0.25, 0.3) is 21.5 Å². The van der Waals surface area contributed by atoms with Crippen LogP contribution >= 0.6 is 0 Å². The molecule has 2 N–H and O–H groups in total. The van der Waals surface area contributed by atoms with Gasteiger partial charge in [-0.2, -0.15) is 13.5 Å². The van der Waals surface area contributed by atoms with Crippen molar-refractivity contribution >= 4 is 48.7 Å². The van der Waals surface area contributed by atoms with Crippen molar-refractivity contribution in [3.05, 3.63) is 70.8 Å². The van der Waals surface area contributed by atoms with Crippen LogP contribution in [0.5, 0.6) is 11.5 Å². The summed E-state index contributed by atoms with van der Waals surface area (Å²) in [5.74, 6) is -1.07. The van der Waals surface area contributed by atoms with Crippen LogP contribution in [-0.4, -0.2) is 23.0 Å². The first-order chi connectivity index (χ1) is 14.7. The van der Waals surface area contributed by atoms with Crippen LogP contribution in [0.1, 0.15) is 0 Å². The molecule has 0 fully saturated rings. The third-order valence-corrected chi connectivity index (χ3v) is 5.53. The maximum Gasteiger partial charge on any atom is 0.295 e. The number of nitro groups is 1. The van der Waals surface area contributed by atoms with E-state index in [1.165, 1.54) is 12.1 Å². The van der Waals surface area contributed by atoms with Crippen LogP contribution in [0.4, 0.5) is 17.1 Å². The van der Waals surface area contributed by atoms with Gasteiger partial charge in [-0.1, -0.05) is 42.1 Å². The summed E-state index contributed by atoms with van der Waals surface area (Å²) in [5, 5.41) is 42.7. The number of phenols is 1. The predicted octanol–water partition coefficient (Wildman–Crippen LogP) is 4.34. The number of azo groups is 1. The summed E-state index contributed by atoms with van der Waals surface area (Å²) in [4.78, 5) is 9.64. The van der Waals surface area contributed by atoms with Gasteiger partial charge in [0.2, 0.25) is 0 Å². The van der Waals surface area contributed by atoms with Gasteiger partial charge in [0, 0.05) is 51.7 Å². The summed E-state index contributed by atoms with van der Waals surface area (Å²) >= 11 is 0. The smallest absolute Gasteiger partial charge is 0.295 e. The summed E-state index contributed by atoms with van der Waals surface area (Å²) in [7, 11) is -4.82. The van der Waals surface area contributed by atoms with Gasteiger partial charge in [-0.3, -0.25) is 14.7 Å². The first-order valence-corrected chi connectivity index (χ1v) is 10.1. The summed E-state index contributed by atoms with van der Waals surface area (Å²) in [6.45, 7) is 0. The number of non-ortho nitro benzene ring substituents is 1. The van der Waals surface area contributed by atoms with Crippen molar-refractivity contribution in [3.8, 4) is 11.5 Å². The summed E-state index contributed by atoms with van der Waals surface area (Å²) in [6, 6.07) is 13.8. The van der Waals surface area contributed by atoms with Crippen LogP contribution in [0.15, 0.2) is 75.8 Å². The van der Waals surface area contributed by atoms with Crippen molar-refractivity contribution in [2.24, 2.45) is 10.2 Å². The second-order valence-electron chi connectivity index (χ2n) is 6.54. The molecule has 4 aromatic carbocycles. The molecule has 0 saturated carbocycles. The molecule has 0 bridgehead atoms. The van der Waals surface area contributed by atoms with Gasteiger partial charge >= 0.3 is 0 Å². The molecule has 162 valence electrons. The fourth-order valence-electron chi connectivity index (χ4n) is 3.22. The van der Waals surface area contributed by atoms with Gasteiger partial charge in [0.25, 0.3) is 15.8 Å². The normalized spacial score (nSPS) is 11.7. The molecular formula is C20H12CrN3O7S-. The Bertz CT molecular complexity index is 1520. The Hall–Kier alpha value is -3.56. The van der Waals surface area contributed by atoms with Gasteiger partial charge in [-0.25, -0.2) is 0 Å². The third kappa shape index (κ3) is 4.12. The van der Waals surface area contributed by atoms with E-state index in [0.29, 0.717) is 5.39 Å². The average molecular weight is 490 g/mol. The molecule has 0 heterocycles. The van der Waals surface area contributed by atoms with Gasteiger partial charge in [0.05, 0.1) is 10.6 Å². The zero-order valence-electron chi connectivity index (χ0n) is 15.9. The van der Waals surface area contributed by atoms with Crippen molar-refractivity contribution in [1.29, 1.82) is 0 Å². The minimum Gasteiger partial charge on any atom is -0.871 e. The molecule has 32 heavy (non-hydrogen) atoms. The van der Waals surface area contributed by atoms with Gasteiger partial charge in [0.15, 0.2) is 0 Å². The number of rotatable bonds is 4. The molecule has 4 rings (SSSR count). The van der Waals surface area contributed by atoms with E-state index in [1.807, 2.05) is 0 Å². The van der Waals surface area contributed by atoms with Gasteiger partial charge in [0.1, 0.15) is 16.3 Å². The van der Waals surface area contributed by atoms with Crippen molar-refractivity contribution in [2.75, 3.05) is 0 Å². The van der Waals surface area contributed by atoms with Crippen LogP contribution in [0, 0.1) is 10.1 Å². The Morgan fingerprint density at radius 1 is 0.875 bits per heavy atom. The van der Waals surface area contributed by atoms with E-state index in [-0.39, 0.29) is 39.5 Å². The number of benzene rings is 4. The van der Waals surface area contributed by atoms with Crippen molar-refractivity contribution in [2.45, 2.75) is 4.90 Å². The van der Waals surface area contributed by atoms with Gasteiger partial charge in [-0.15, -0.1) is 5.11 Å². The molecule has 0 amide bonds.